The number of nitrogens with one attached hydrogen (secondary N) is 2. The largest absolute Gasteiger partial charge is 0.497 e. The van der Waals surface area contributed by atoms with Gasteiger partial charge in [0.25, 0.3) is 0 Å². The molecule has 101 valence electrons. The Morgan fingerprint density at radius 2 is 2.11 bits per heavy atom. The van der Waals surface area contributed by atoms with Gasteiger partial charge in [-0.05, 0) is 36.8 Å². The lowest BCUT2D eigenvalue weighted by Gasteiger charge is -2.10. The SMILES string of the molecule is COc1ccc(C2=C[S]=C(NC(=O)C(C)Cl)N2)cc1. The molecule has 1 atom stereocenters. The molecule has 0 saturated heterocycles. The Morgan fingerprint density at radius 3 is 2.68 bits per heavy atom. The third-order valence-corrected chi connectivity index (χ3v) is 3.53. The van der Waals surface area contributed by atoms with Crippen LogP contribution in [0.5, 0.6) is 5.75 Å². The van der Waals surface area contributed by atoms with Crippen LogP contribution in [0.4, 0.5) is 0 Å². The monoisotopic (exact) mass is 297 g/mol. The zero-order valence-electron chi connectivity index (χ0n) is 10.6. The van der Waals surface area contributed by atoms with E-state index in [-0.39, 0.29) is 5.91 Å². The van der Waals surface area contributed by atoms with Crippen molar-refractivity contribution in [1.82, 2.24) is 10.6 Å². The van der Waals surface area contributed by atoms with Crippen molar-refractivity contribution in [3.8, 4) is 5.75 Å². The highest BCUT2D eigenvalue weighted by Crippen LogP contribution is 2.21. The molecule has 0 saturated carbocycles. The van der Waals surface area contributed by atoms with Crippen molar-refractivity contribution in [2.24, 2.45) is 0 Å². The Kier molecular flexibility index (Phi) is 4.39. The summed E-state index contributed by atoms with van der Waals surface area (Å²) in [5, 5.41) is 7.92. The molecule has 1 aliphatic heterocycles. The first-order chi connectivity index (χ1) is 9.10. The van der Waals surface area contributed by atoms with E-state index in [4.69, 9.17) is 16.3 Å². The van der Waals surface area contributed by atoms with Gasteiger partial charge in [0, 0.05) is 5.41 Å². The number of hydrogen-bond acceptors (Lipinski definition) is 3. The van der Waals surface area contributed by atoms with Gasteiger partial charge in [-0.1, -0.05) is 0 Å². The van der Waals surface area contributed by atoms with E-state index in [1.165, 1.54) is 11.4 Å². The van der Waals surface area contributed by atoms with Crippen molar-refractivity contribution in [2.45, 2.75) is 12.3 Å². The number of halogens is 1. The summed E-state index contributed by atoms with van der Waals surface area (Å²) >= 11 is 7.12. The zero-order valence-corrected chi connectivity index (χ0v) is 12.1. The quantitative estimate of drug-likeness (QED) is 0.664. The topological polar surface area (TPSA) is 50.4 Å². The first kappa shape index (κ1) is 13.8. The summed E-state index contributed by atoms with van der Waals surface area (Å²) in [5.41, 5.74) is 1.96. The summed E-state index contributed by atoms with van der Waals surface area (Å²) in [4.78, 5) is 11.5. The predicted molar refractivity (Wildman–Crippen MR) is 80.2 cm³/mol. The second-order valence-electron chi connectivity index (χ2n) is 3.94. The molecule has 1 aromatic carbocycles. The van der Waals surface area contributed by atoms with Crippen molar-refractivity contribution < 1.29 is 9.53 Å². The fraction of sp³-hybridized carbons (Fsp3) is 0.231. The lowest BCUT2D eigenvalue weighted by atomic mass is 10.2. The highest BCUT2D eigenvalue weighted by atomic mass is 35.5. The minimum Gasteiger partial charge on any atom is -0.497 e. The maximum Gasteiger partial charge on any atom is 0.243 e. The second-order valence-corrected chi connectivity index (χ2v) is 5.47. The Hall–Kier alpha value is -1.59. The molecular formula is C13H14ClN2O2S. The van der Waals surface area contributed by atoms with E-state index in [1.807, 2.05) is 29.7 Å². The second kappa shape index (κ2) is 6.04. The average molecular weight is 298 g/mol. The molecule has 19 heavy (non-hydrogen) atoms. The smallest absolute Gasteiger partial charge is 0.243 e. The van der Waals surface area contributed by atoms with Gasteiger partial charge in [0.05, 0.1) is 12.8 Å². The Balaban J connectivity index is 1.98. The third-order valence-electron chi connectivity index (χ3n) is 2.54. The molecule has 0 fully saturated rings. The molecule has 1 unspecified atom stereocenters. The van der Waals surface area contributed by atoms with Crippen LogP contribution < -0.4 is 15.4 Å². The molecule has 1 radical (unpaired) electrons. The third kappa shape index (κ3) is 3.45. The highest BCUT2D eigenvalue weighted by molar-refractivity contribution is 8.02. The van der Waals surface area contributed by atoms with Crippen LogP contribution in [0, 0.1) is 0 Å². The van der Waals surface area contributed by atoms with Crippen molar-refractivity contribution in [3.05, 3.63) is 35.2 Å². The molecule has 4 nitrogen and oxygen atoms in total. The number of amides is 1. The molecule has 1 aliphatic rings. The number of methoxy groups -OCH3 is 1. The van der Waals surface area contributed by atoms with E-state index in [0.717, 1.165) is 17.0 Å². The van der Waals surface area contributed by atoms with Crippen LogP contribution in [0.15, 0.2) is 29.7 Å². The average Bonchev–Trinajstić information content (AvgIpc) is 2.87. The molecular weight excluding hydrogens is 284 g/mol. The summed E-state index contributed by atoms with van der Waals surface area (Å²) in [6, 6.07) is 7.68. The number of hydrogen-bond donors (Lipinski definition) is 2. The van der Waals surface area contributed by atoms with E-state index >= 15 is 0 Å². The Morgan fingerprint density at radius 1 is 1.42 bits per heavy atom. The van der Waals surface area contributed by atoms with Crippen molar-refractivity contribution >= 4 is 39.7 Å². The molecule has 1 heterocycles. The maximum atomic E-state index is 11.5. The Labute approximate surface area is 120 Å². The van der Waals surface area contributed by atoms with Crippen LogP contribution in [-0.4, -0.2) is 23.5 Å². The fourth-order valence-corrected chi connectivity index (χ4v) is 2.30. The van der Waals surface area contributed by atoms with E-state index < -0.39 is 5.38 Å². The van der Waals surface area contributed by atoms with Crippen molar-refractivity contribution in [2.75, 3.05) is 7.11 Å². The van der Waals surface area contributed by atoms with Gasteiger partial charge in [0.1, 0.15) is 11.1 Å². The number of benzene rings is 1. The Bertz CT molecular complexity index is 538. The summed E-state index contributed by atoms with van der Waals surface area (Å²) in [6.07, 6.45) is 0. The normalized spacial score (nSPS) is 15.1. The first-order valence-corrected chi connectivity index (χ1v) is 7.02. The van der Waals surface area contributed by atoms with Crippen LogP contribution >= 0.6 is 23.0 Å². The minimum atomic E-state index is -0.556. The fourth-order valence-electron chi connectivity index (χ4n) is 1.48. The number of alkyl halides is 1. The number of ether oxygens (including phenoxy) is 1. The number of rotatable bonds is 3. The van der Waals surface area contributed by atoms with Crippen LogP contribution in [0.2, 0.25) is 0 Å². The van der Waals surface area contributed by atoms with Gasteiger partial charge in [0.15, 0.2) is 5.11 Å². The lowest BCUT2D eigenvalue weighted by molar-refractivity contribution is -0.119. The van der Waals surface area contributed by atoms with Crippen molar-refractivity contribution in [3.63, 3.8) is 0 Å². The summed E-state index contributed by atoms with van der Waals surface area (Å²) in [7, 11) is 1.63. The maximum absolute atomic E-state index is 11.5. The van der Waals surface area contributed by atoms with Crippen LogP contribution in [0.1, 0.15) is 12.5 Å². The number of carbonyl (C=O) groups is 1. The van der Waals surface area contributed by atoms with Gasteiger partial charge in [-0.25, -0.2) is 0 Å². The minimum absolute atomic E-state index is 0.221. The van der Waals surface area contributed by atoms with Gasteiger partial charge in [-0.3, -0.25) is 4.79 Å². The van der Waals surface area contributed by atoms with Gasteiger partial charge >= 0.3 is 0 Å². The molecule has 6 heteroatoms. The van der Waals surface area contributed by atoms with Crippen LogP contribution in [0.25, 0.3) is 5.70 Å². The van der Waals surface area contributed by atoms with Gasteiger partial charge < -0.3 is 15.4 Å². The molecule has 2 rings (SSSR count). The summed E-state index contributed by atoms with van der Waals surface area (Å²) in [6.45, 7) is 1.63. The van der Waals surface area contributed by atoms with Gasteiger partial charge in [-0.2, -0.15) is 0 Å². The van der Waals surface area contributed by atoms with Gasteiger partial charge in [0.2, 0.25) is 5.91 Å². The summed E-state index contributed by atoms with van der Waals surface area (Å²) < 4.78 is 5.11. The zero-order chi connectivity index (χ0) is 13.8. The number of carbonyl (C=O) groups excluding carboxylic acids is 1. The first-order valence-electron chi connectivity index (χ1n) is 5.70. The molecule has 0 spiro atoms. The predicted octanol–water partition coefficient (Wildman–Crippen LogP) is 2.16. The summed E-state index contributed by atoms with van der Waals surface area (Å²) in [5.74, 6) is 0.588. The van der Waals surface area contributed by atoms with Gasteiger partial charge in [-0.15, -0.1) is 23.0 Å². The van der Waals surface area contributed by atoms with E-state index in [9.17, 15) is 4.79 Å². The lowest BCUT2D eigenvalue weighted by Crippen LogP contribution is -2.40. The molecule has 1 aromatic rings. The van der Waals surface area contributed by atoms with Crippen molar-refractivity contribution in [1.29, 1.82) is 0 Å². The standard InChI is InChI=1S/C13H14ClN2O2S/c1-8(14)12(17)16-13-15-11(7-19-13)9-3-5-10(18-2)6-4-9/h3-8,15H,1-2H3,(H,16,17). The molecule has 0 aromatic heterocycles. The van der Waals surface area contributed by atoms with E-state index in [0.29, 0.717) is 5.11 Å². The van der Waals surface area contributed by atoms with E-state index in [1.54, 1.807) is 14.0 Å². The van der Waals surface area contributed by atoms with Crippen LogP contribution in [-0.2, 0) is 4.79 Å². The molecule has 1 amide bonds. The highest BCUT2D eigenvalue weighted by Gasteiger charge is 2.15. The molecule has 2 N–H and O–H groups in total. The van der Waals surface area contributed by atoms with Crippen LogP contribution in [0.3, 0.4) is 0 Å². The van der Waals surface area contributed by atoms with E-state index in [2.05, 4.69) is 10.6 Å². The molecule has 0 bridgehead atoms. The molecule has 0 aliphatic carbocycles.